The van der Waals surface area contributed by atoms with Crippen molar-refractivity contribution in [3.8, 4) is 11.1 Å². The van der Waals surface area contributed by atoms with Gasteiger partial charge in [-0.25, -0.2) is 19.6 Å². The third-order valence-corrected chi connectivity index (χ3v) is 1.68. The first-order valence-electron chi connectivity index (χ1n) is 3.85. The van der Waals surface area contributed by atoms with Crippen LogP contribution < -0.4 is 11.4 Å². The maximum absolute atomic E-state index is 10.7. The zero-order valence-corrected chi connectivity index (χ0v) is 7.02. The Morgan fingerprint density at radius 1 is 0.857 bits per heavy atom. The lowest BCUT2D eigenvalue weighted by molar-refractivity contribution is 1.06. The summed E-state index contributed by atoms with van der Waals surface area (Å²) in [6, 6.07) is 0. The molecule has 0 saturated heterocycles. The van der Waals surface area contributed by atoms with Crippen molar-refractivity contribution < 1.29 is 0 Å². The molecule has 0 aromatic carbocycles. The van der Waals surface area contributed by atoms with Crippen LogP contribution in [0.3, 0.4) is 0 Å². The Morgan fingerprint density at radius 2 is 1.29 bits per heavy atom. The second kappa shape index (κ2) is 3.25. The maximum atomic E-state index is 10.7. The van der Waals surface area contributed by atoms with Crippen LogP contribution in [0.2, 0.25) is 0 Å². The first-order chi connectivity index (χ1) is 6.75. The number of rotatable bonds is 1. The fourth-order valence-corrected chi connectivity index (χ4v) is 1.00. The topological polar surface area (TPSA) is 91.5 Å². The van der Waals surface area contributed by atoms with Crippen molar-refractivity contribution in [3.05, 3.63) is 45.8 Å². The number of hydrogen-bond acceptors (Lipinski definition) is 4. The van der Waals surface area contributed by atoms with Crippen LogP contribution in [0.1, 0.15) is 0 Å². The van der Waals surface area contributed by atoms with Crippen molar-refractivity contribution >= 4 is 0 Å². The predicted molar refractivity (Wildman–Crippen MR) is 48.7 cm³/mol. The Morgan fingerprint density at radius 3 is 1.57 bits per heavy atom. The molecule has 0 unspecified atom stereocenters. The van der Waals surface area contributed by atoms with Crippen LogP contribution in [0.4, 0.5) is 0 Å². The quantitative estimate of drug-likeness (QED) is 0.635. The van der Waals surface area contributed by atoms with Crippen LogP contribution in [-0.2, 0) is 0 Å². The summed E-state index contributed by atoms with van der Waals surface area (Å²) < 4.78 is 0. The minimum absolute atomic E-state index is 0.411. The summed E-state index contributed by atoms with van der Waals surface area (Å²) in [4.78, 5) is 33.3. The van der Waals surface area contributed by atoms with E-state index in [1.54, 1.807) is 0 Å². The van der Waals surface area contributed by atoms with E-state index in [-0.39, 0.29) is 0 Å². The molecule has 14 heavy (non-hydrogen) atoms. The number of nitrogens with zero attached hydrogens (tertiary/aromatic N) is 2. The molecule has 2 rings (SSSR count). The summed E-state index contributed by atoms with van der Waals surface area (Å²) in [5.41, 5.74) is 0.555. The average molecular weight is 190 g/mol. The van der Waals surface area contributed by atoms with Crippen LogP contribution >= 0.6 is 0 Å². The lowest BCUT2D eigenvalue weighted by atomic mass is 10.2. The summed E-state index contributed by atoms with van der Waals surface area (Å²) in [5.74, 6) is 0. The average Bonchev–Trinajstić information content (AvgIpc) is 2.21. The zero-order valence-electron chi connectivity index (χ0n) is 7.02. The molecule has 2 aromatic heterocycles. The van der Waals surface area contributed by atoms with Gasteiger partial charge in [0.15, 0.2) is 0 Å². The number of aromatic nitrogens is 4. The lowest BCUT2D eigenvalue weighted by Crippen LogP contribution is -2.10. The molecule has 6 heteroatoms. The minimum Gasteiger partial charge on any atom is -0.312 e. The van der Waals surface area contributed by atoms with Crippen LogP contribution in [0.5, 0.6) is 0 Å². The van der Waals surface area contributed by atoms with Gasteiger partial charge in [0, 0.05) is 35.9 Å². The molecule has 0 amide bonds. The highest BCUT2D eigenvalue weighted by molar-refractivity contribution is 5.58. The standard InChI is InChI=1S/C8H6N4O2/c13-7-9-1-5(2-10-7)6-3-11-8(14)12-4-6/h1-4H,(H,9,10,13)(H,11,12,14). The molecule has 0 aliphatic heterocycles. The van der Waals surface area contributed by atoms with Gasteiger partial charge in [-0.3, -0.25) is 0 Å². The molecule has 2 N–H and O–H groups in total. The summed E-state index contributed by atoms with van der Waals surface area (Å²) in [7, 11) is 0. The van der Waals surface area contributed by atoms with Crippen molar-refractivity contribution in [1.82, 2.24) is 19.9 Å². The molecule has 0 radical (unpaired) electrons. The molecular formula is C8H6N4O2. The van der Waals surface area contributed by atoms with E-state index in [2.05, 4.69) is 19.9 Å². The fraction of sp³-hybridized carbons (Fsp3) is 0. The Hall–Kier alpha value is -2.24. The highest BCUT2D eigenvalue weighted by Crippen LogP contribution is 2.11. The van der Waals surface area contributed by atoms with Gasteiger partial charge in [-0.05, 0) is 0 Å². The molecule has 6 nitrogen and oxygen atoms in total. The van der Waals surface area contributed by atoms with Crippen molar-refractivity contribution in [1.29, 1.82) is 0 Å². The zero-order chi connectivity index (χ0) is 9.97. The molecule has 0 aliphatic carbocycles. The lowest BCUT2D eigenvalue weighted by Gasteiger charge is -1.96. The molecule has 0 aliphatic rings. The van der Waals surface area contributed by atoms with Gasteiger partial charge in [-0.1, -0.05) is 0 Å². The van der Waals surface area contributed by atoms with Crippen molar-refractivity contribution in [2.75, 3.05) is 0 Å². The van der Waals surface area contributed by atoms with Gasteiger partial charge in [0.25, 0.3) is 0 Å². The maximum Gasteiger partial charge on any atom is 0.344 e. The Labute approximate surface area is 77.7 Å². The molecule has 0 spiro atoms. The summed E-state index contributed by atoms with van der Waals surface area (Å²) >= 11 is 0. The monoisotopic (exact) mass is 190 g/mol. The summed E-state index contributed by atoms with van der Waals surface area (Å²) in [6.45, 7) is 0. The molecule has 0 saturated carbocycles. The number of hydrogen-bond donors (Lipinski definition) is 2. The largest absolute Gasteiger partial charge is 0.344 e. The molecule has 0 atom stereocenters. The smallest absolute Gasteiger partial charge is 0.312 e. The minimum atomic E-state index is -0.411. The summed E-state index contributed by atoms with van der Waals surface area (Å²) in [6.07, 6.45) is 5.83. The second-order valence-electron chi connectivity index (χ2n) is 2.61. The van der Waals surface area contributed by atoms with E-state index in [1.165, 1.54) is 24.8 Å². The van der Waals surface area contributed by atoms with E-state index >= 15 is 0 Å². The molecule has 70 valence electrons. The SMILES string of the molecule is O=c1ncc(-c2cnc(=O)[nH]c2)c[nH]1. The van der Waals surface area contributed by atoms with Gasteiger partial charge in [0.1, 0.15) is 0 Å². The Bertz CT molecular complexity index is 465. The first kappa shape index (κ1) is 8.36. The summed E-state index contributed by atoms with van der Waals surface area (Å²) in [5, 5.41) is 0. The second-order valence-corrected chi connectivity index (χ2v) is 2.61. The van der Waals surface area contributed by atoms with Gasteiger partial charge in [0.05, 0.1) is 0 Å². The first-order valence-corrected chi connectivity index (χ1v) is 3.85. The highest BCUT2D eigenvalue weighted by atomic mass is 16.1. The van der Waals surface area contributed by atoms with Crippen LogP contribution in [0.15, 0.2) is 34.4 Å². The van der Waals surface area contributed by atoms with Crippen LogP contribution in [0.25, 0.3) is 11.1 Å². The van der Waals surface area contributed by atoms with Crippen molar-refractivity contribution in [2.24, 2.45) is 0 Å². The highest BCUT2D eigenvalue weighted by Gasteiger charge is 1.97. The normalized spacial score (nSPS) is 10.0. The third kappa shape index (κ3) is 1.58. The molecular weight excluding hydrogens is 184 g/mol. The van der Waals surface area contributed by atoms with E-state index in [4.69, 9.17) is 0 Å². The molecule has 0 fully saturated rings. The number of aromatic amines is 2. The van der Waals surface area contributed by atoms with Gasteiger partial charge < -0.3 is 9.97 Å². The van der Waals surface area contributed by atoms with E-state index in [0.29, 0.717) is 11.1 Å². The Balaban J connectivity index is 2.49. The van der Waals surface area contributed by atoms with Gasteiger partial charge in [-0.15, -0.1) is 0 Å². The molecule has 0 bridgehead atoms. The van der Waals surface area contributed by atoms with Crippen LogP contribution in [0, 0.1) is 0 Å². The fourth-order valence-electron chi connectivity index (χ4n) is 1.00. The molecule has 2 aromatic rings. The van der Waals surface area contributed by atoms with E-state index in [0.717, 1.165) is 0 Å². The van der Waals surface area contributed by atoms with Crippen molar-refractivity contribution in [3.63, 3.8) is 0 Å². The van der Waals surface area contributed by atoms with Gasteiger partial charge in [-0.2, -0.15) is 0 Å². The van der Waals surface area contributed by atoms with Gasteiger partial charge in [0.2, 0.25) is 0 Å². The Kier molecular flexibility index (Phi) is 1.94. The van der Waals surface area contributed by atoms with E-state index < -0.39 is 11.4 Å². The predicted octanol–water partition coefficient (Wildman–Crippen LogP) is -0.480. The van der Waals surface area contributed by atoms with Crippen LogP contribution in [-0.4, -0.2) is 19.9 Å². The van der Waals surface area contributed by atoms with Gasteiger partial charge >= 0.3 is 11.4 Å². The third-order valence-electron chi connectivity index (χ3n) is 1.68. The molecule has 2 heterocycles. The number of H-pyrrole nitrogens is 2. The van der Waals surface area contributed by atoms with E-state index in [9.17, 15) is 9.59 Å². The van der Waals surface area contributed by atoms with Crippen molar-refractivity contribution in [2.45, 2.75) is 0 Å². The van der Waals surface area contributed by atoms with E-state index in [1.807, 2.05) is 0 Å². The number of nitrogens with one attached hydrogen (secondary N) is 2.